The van der Waals surface area contributed by atoms with Gasteiger partial charge in [-0.3, -0.25) is 0 Å². The second-order valence-electron chi connectivity index (χ2n) is 20.9. The van der Waals surface area contributed by atoms with Crippen molar-refractivity contribution in [2.45, 2.75) is 88.4 Å². The van der Waals surface area contributed by atoms with Crippen LogP contribution in [0.3, 0.4) is 0 Å². The fourth-order valence-corrected chi connectivity index (χ4v) is 14.5. The van der Waals surface area contributed by atoms with Crippen LogP contribution in [0.25, 0.3) is 33.9 Å². The van der Waals surface area contributed by atoms with Crippen molar-refractivity contribution in [3.63, 3.8) is 0 Å². The number of hydrogen-bond donors (Lipinski definition) is 0. The van der Waals surface area contributed by atoms with E-state index in [1.165, 1.54) is 138 Å². The summed E-state index contributed by atoms with van der Waals surface area (Å²) >= 11 is 0. The molecule has 1 saturated carbocycles. The van der Waals surface area contributed by atoms with Crippen LogP contribution in [0.1, 0.15) is 122 Å². The van der Waals surface area contributed by atoms with Gasteiger partial charge in [0.05, 0.1) is 5.41 Å². The van der Waals surface area contributed by atoms with Crippen molar-refractivity contribution in [3.8, 4) is 22.3 Å². The van der Waals surface area contributed by atoms with Crippen molar-refractivity contribution < 1.29 is 0 Å². The van der Waals surface area contributed by atoms with Gasteiger partial charge in [-0.1, -0.05) is 216 Å². The van der Waals surface area contributed by atoms with E-state index in [2.05, 4.69) is 238 Å². The fourth-order valence-electron chi connectivity index (χ4n) is 14.5. The number of fused-ring (bicyclic) bond motifs is 10. The van der Waals surface area contributed by atoms with Gasteiger partial charge < -0.3 is 4.90 Å². The molecule has 13 rings (SSSR count). The van der Waals surface area contributed by atoms with Crippen molar-refractivity contribution in [1.82, 2.24) is 0 Å². The molecular weight excluding hydrogens is 843 g/mol. The van der Waals surface area contributed by atoms with Gasteiger partial charge in [-0.15, -0.1) is 0 Å². The summed E-state index contributed by atoms with van der Waals surface area (Å²) in [4.78, 5) is 2.53. The summed E-state index contributed by atoms with van der Waals surface area (Å²) in [5, 5.41) is 0. The quantitative estimate of drug-likeness (QED) is 0.139. The lowest BCUT2D eigenvalue weighted by Gasteiger charge is -2.37. The van der Waals surface area contributed by atoms with Crippen LogP contribution in [0.15, 0.2) is 217 Å². The monoisotopic (exact) mass is 903 g/mol. The molecule has 1 nitrogen and oxygen atoms in total. The second-order valence-corrected chi connectivity index (χ2v) is 20.9. The largest absolute Gasteiger partial charge is 0.310 e. The molecule has 0 N–H and O–H groups in total. The zero-order chi connectivity index (χ0) is 47.0. The van der Waals surface area contributed by atoms with Gasteiger partial charge in [0.15, 0.2) is 0 Å². The van der Waals surface area contributed by atoms with Gasteiger partial charge in [-0.2, -0.15) is 0 Å². The molecule has 1 fully saturated rings. The molecule has 1 atom stereocenters. The molecule has 1 heteroatoms. The lowest BCUT2D eigenvalue weighted by Crippen LogP contribution is -2.31. The molecule has 342 valence electrons. The van der Waals surface area contributed by atoms with Crippen LogP contribution in [-0.4, -0.2) is 0 Å². The SMILES string of the molecule is CCC1(CC)c2cc(C=CC3=CC(C)CC4=C3c3ccccc3C4(c3ccccc3)c3ccccc3)ccc2-c2ccc(N(c3ccccc3)c3ccc4c(c3)C3(CCCCC3)c3ccccc3-4)cc21. The van der Waals surface area contributed by atoms with Gasteiger partial charge in [0.25, 0.3) is 0 Å². The maximum Gasteiger partial charge on any atom is 0.0676 e. The smallest absolute Gasteiger partial charge is 0.0676 e. The minimum Gasteiger partial charge on any atom is -0.310 e. The molecule has 5 aliphatic carbocycles. The fraction of sp³-hybridized carbons (Fsp3) is 0.217. The standard InChI is InChI=1S/C69H61N/c1-4-67(5-2)62-44-48(32-34-49-42-47(3)43-65-66(49)59-29-17-19-31-61(59)69(65,50-22-10-6-11-23-50)51-24-12-7-13-25-51)33-37-56(62)58-39-36-53(45-63(58)67)70(52-26-14-8-15-27-52)54-35-38-57-55-28-16-18-30-60(55)68(64(57)46-54)40-20-9-21-41-68/h6-8,10-19,22-39,42,44-47H,4-5,9,20-21,40-41,43H2,1-3H3. The molecule has 0 saturated heterocycles. The van der Waals surface area contributed by atoms with E-state index in [1.807, 2.05) is 0 Å². The topological polar surface area (TPSA) is 3.24 Å². The van der Waals surface area contributed by atoms with Crippen LogP contribution < -0.4 is 4.90 Å². The molecule has 8 aromatic carbocycles. The van der Waals surface area contributed by atoms with Crippen molar-refractivity contribution in [1.29, 1.82) is 0 Å². The molecule has 0 heterocycles. The predicted octanol–water partition coefficient (Wildman–Crippen LogP) is 18.3. The molecular formula is C69H61N. The van der Waals surface area contributed by atoms with E-state index in [-0.39, 0.29) is 16.2 Å². The van der Waals surface area contributed by atoms with Crippen LogP contribution in [0.2, 0.25) is 0 Å². The summed E-state index contributed by atoms with van der Waals surface area (Å²) in [6.45, 7) is 7.20. The molecule has 1 unspecified atom stereocenters. The van der Waals surface area contributed by atoms with E-state index in [0.717, 1.165) is 19.3 Å². The summed E-state index contributed by atoms with van der Waals surface area (Å²) in [7, 11) is 0. The van der Waals surface area contributed by atoms with Gasteiger partial charge >= 0.3 is 0 Å². The van der Waals surface area contributed by atoms with Gasteiger partial charge in [-0.05, 0) is 163 Å². The highest BCUT2D eigenvalue weighted by Crippen LogP contribution is 2.61. The first-order valence-electron chi connectivity index (χ1n) is 26.2. The first-order chi connectivity index (χ1) is 34.5. The Bertz CT molecular complexity index is 3370. The maximum atomic E-state index is 2.57. The molecule has 5 aliphatic rings. The first kappa shape index (κ1) is 42.8. The second kappa shape index (κ2) is 16.7. The van der Waals surface area contributed by atoms with E-state index in [0.29, 0.717) is 5.92 Å². The Labute approximate surface area is 415 Å². The van der Waals surface area contributed by atoms with Crippen LogP contribution >= 0.6 is 0 Å². The van der Waals surface area contributed by atoms with Gasteiger partial charge in [0, 0.05) is 27.9 Å². The predicted molar refractivity (Wildman–Crippen MR) is 294 cm³/mol. The van der Waals surface area contributed by atoms with E-state index < -0.39 is 0 Å². The van der Waals surface area contributed by atoms with Crippen molar-refractivity contribution >= 4 is 28.7 Å². The summed E-state index contributed by atoms with van der Waals surface area (Å²) < 4.78 is 0. The number of allylic oxidation sites excluding steroid dienone is 5. The average molecular weight is 904 g/mol. The third-order valence-electron chi connectivity index (χ3n) is 17.6. The lowest BCUT2D eigenvalue weighted by atomic mass is 9.64. The molecule has 0 aromatic heterocycles. The summed E-state index contributed by atoms with van der Waals surface area (Å²) in [6.07, 6.45) is 16.8. The van der Waals surface area contributed by atoms with Crippen LogP contribution in [0.4, 0.5) is 17.1 Å². The van der Waals surface area contributed by atoms with E-state index in [4.69, 9.17) is 0 Å². The first-order valence-corrected chi connectivity index (χ1v) is 26.2. The normalized spacial score (nSPS) is 18.4. The number of rotatable bonds is 9. The van der Waals surface area contributed by atoms with E-state index in [9.17, 15) is 0 Å². The molecule has 0 aliphatic heterocycles. The average Bonchev–Trinajstić information content (AvgIpc) is 3.98. The van der Waals surface area contributed by atoms with Gasteiger partial charge in [0.1, 0.15) is 0 Å². The molecule has 0 amide bonds. The Morgan fingerprint density at radius 2 is 1.00 bits per heavy atom. The summed E-state index contributed by atoms with van der Waals surface area (Å²) in [6, 6.07) is 74.1. The number of para-hydroxylation sites is 1. The molecule has 0 radical (unpaired) electrons. The number of anilines is 3. The Hall–Kier alpha value is -7.22. The van der Waals surface area contributed by atoms with Gasteiger partial charge in [0.2, 0.25) is 0 Å². The third-order valence-corrected chi connectivity index (χ3v) is 17.6. The molecule has 1 spiro atoms. The highest BCUT2D eigenvalue weighted by atomic mass is 15.1. The number of nitrogens with zero attached hydrogens (tertiary/aromatic N) is 1. The Balaban J connectivity index is 0.893. The van der Waals surface area contributed by atoms with Gasteiger partial charge in [-0.25, -0.2) is 0 Å². The minimum atomic E-state index is -0.351. The van der Waals surface area contributed by atoms with Crippen molar-refractivity contribution in [2.24, 2.45) is 5.92 Å². The lowest BCUT2D eigenvalue weighted by molar-refractivity contribution is 0.353. The van der Waals surface area contributed by atoms with E-state index in [1.54, 1.807) is 0 Å². The number of hydrogen-bond acceptors (Lipinski definition) is 1. The maximum absolute atomic E-state index is 2.57. The van der Waals surface area contributed by atoms with Crippen molar-refractivity contribution in [3.05, 3.63) is 267 Å². The van der Waals surface area contributed by atoms with Crippen molar-refractivity contribution in [2.75, 3.05) is 4.90 Å². The zero-order valence-corrected chi connectivity index (χ0v) is 40.9. The molecule has 8 aromatic rings. The highest BCUT2D eigenvalue weighted by molar-refractivity contribution is 5.96. The van der Waals surface area contributed by atoms with Crippen LogP contribution in [-0.2, 0) is 16.2 Å². The highest BCUT2D eigenvalue weighted by Gasteiger charge is 2.49. The summed E-state index contributed by atoms with van der Waals surface area (Å²) in [5.41, 5.74) is 25.8. The number of benzene rings is 8. The summed E-state index contributed by atoms with van der Waals surface area (Å²) in [5.74, 6) is 0.396. The third kappa shape index (κ3) is 6.23. The molecule has 70 heavy (non-hydrogen) atoms. The minimum absolute atomic E-state index is 0.0926. The van der Waals surface area contributed by atoms with Crippen LogP contribution in [0.5, 0.6) is 0 Å². The molecule has 0 bridgehead atoms. The Morgan fingerprint density at radius 1 is 0.471 bits per heavy atom. The van der Waals surface area contributed by atoms with Crippen LogP contribution in [0, 0.1) is 5.92 Å². The van der Waals surface area contributed by atoms with E-state index >= 15 is 0 Å². The Kier molecular flexibility index (Phi) is 10.2. The zero-order valence-electron chi connectivity index (χ0n) is 40.9. The Morgan fingerprint density at radius 3 is 1.66 bits per heavy atom.